The molecule has 31 heavy (non-hydrogen) atoms. The molecular formula is C25H23N3O2S. The molecule has 0 aliphatic heterocycles. The van der Waals surface area contributed by atoms with E-state index in [1.807, 2.05) is 49.4 Å². The van der Waals surface area contributed by atoms with Crippen molar-refractivity contribution < 1.29 is 4.79 Å². The van der Waals surface area contributed by atoms with Crippen molar-refractivity contribution in [3.8, 4) is 0 Å². The quantitative estimate of drug-likeness (QED) is 0.479. The van der Waals surface area contributed by atoms with E-state index >= 15 is 0 Å². The fourth-order valence-electron chi connectivity index (χ4n) is 3.37. The normalized spacial score (nSPS) is 10.9. The lowest BCUT2D eigenvalue weighted by Gasteiger charge is -2.10. The molecule has 3 aromatic carbocycles. The van der Waals surface area contributed by atoms with Crippen LogP contribution in [0.15, 0.2) is 81.3 Å². The number of carbonyl (C=O) groups is 1. The number of nitrogens with zero attached hydrogens (tertiary/aromatic N) is 2. The number of rotatable bonds is 5. The van der Waals surface area contributed by atoms with Gasteiger partial charge >= 0.3 is 0 Å². The first-order chi connectivity index (χ1) is 14.9. The van der Waals surface area contributed by atoms with Gasteiger partial charge in [0.05, 0.1) is 11.1 Å². The molecule has 1 aromatic heterocycles. The van der Waals surface area contributed by atoms with Crippen LogP contribution in [0.1, 0.15) is 16.8 Å². The maximum Gasteiger partial charge on any atom is 0.275 e. The minimum Gasteiger partial charge on any atom is -0.324 e. The van der Waals surface area contributed by atoms with Gasteiger partial charge in [-0.1, -0.05) is 36.0 Å². The van der Waals surface area contributed by atoms with E-state index in [0.717, 1.165) is 16.0 Å². The summed E-state index contributed by atoms with van der Waals surface area (Å²) in [6.07, 6.45) is 0. The highest BCUT2D eigenvalue weighted by molar-refractivity contribution is 7.99. The summed E-state index contributed by atoms with van der Waals surface area (Å²) in [4.78, 5) is 27.4. The Balaban J connectivity index is 1.44. The molecule has 1 amide bonds. The lowest BCUT2D eigenvalue weighted by atomic mass is 10.1. The van der Waals surface area contributed by atoms with Crippen LogP contribution >= 0.6 is 11.8 Å². The molecule has 1 heterocycles. The van der Waals surface area contributed by atoms with Gasteiger partial charge in [0.25, 0.3) is 5.56 Å². The average Bonchev–Trinajstić information content (AvgIpc) is 2.76. The van der Waals surface area contributed by atoms with Crippen LogP contribution in [0, 0.1) is 20.8 Å². The molecule has 0 saturated heterocycles. The molecule has 5 nitrogen and oxygen atoms in total. The van der Waals surface area contributed by atoms with E-state index in [0.29, 0.717) is 11.1 Å². The van der Waals surface area contributed by atoms with E-state index in [-0.39, 0.29) is 18.0 Å². The number of hydrogen-bond donors (Lipinski definition) is 1. The molecule has 4 rings (SSSR count). The number of aromatic nitrogens is 2. The van der Waals surface area contributed by atoms with E-state index in [9.17, 15) is 9.59 Å². The fourth-order valence-corrected chi connectivity index (χ4v) is 4.28. The second-order valence-corrected chi connectivity index (χ2v) is 8.66. The van der Waals surface area contributed by atoms with Crippen LogP contribution in [-0.4, -0.2) is 15.7 Å². The van der Waals surface area contributed by atoms with Gasteiger partial charge in [0, 0.05) is 20.9 Å². The predicted octanol–water partition coefficient (Wildman–Crippen LogP) is 5.11. The Morgan fingerprint density at radius 2 is 1.58 bits per heavy atom. The standard InChI is InChI=1S/C25H23N3O2S/c1-16-8-11-21(14-17(16)2)31-20-12-9-19(10-13-20)26-24(29)15-28-25(30)23-7-5-4-6-22(23)18(3)27-28/h4-14H,15H2,1-3H3,(H,26,29). The molecule has 156 valence electrons. The molecule has 0 bridgehead atoms. The third-order valence-electron chi connectivity index (χ3n) is 5.20. The van der Waals surface area contributed by atoms with Crippen molar-refractivity contribution in [1.82, 2.24) is 9.78 Å². The van der Waals surface area contributed by atoms with Crippen molar-refractivity contribution in [1.29, 1.82) is 0 Å². The summed E-state index contributed by atoms with van der Waals surface area (Å²) >= 11 is 1.68. The van der Waals surface area contributed by atoms with Crippen molar-refractivity contribution in [3.05, 3.63) is 93.9 Å². The van der Waals surface area contributed by atoms with Crippen LogP contribution < -0.4 is 10.9 Å². The van der Waals surface area contributed by atoms with Crippen LogP contribution in [0.4, 0.5) is 5.69 Å². The molecule has 1 N–H and O–H groups in total. The van der Waals surface area contributed by atoms with Crippen LogP contribution in [0.2, 0.25) is 0 Å². The second-order valence-electron chi connectivity index (χ2n) is 7.51. The molecular weight excluding hydrogens is 406 g/mol. The van der Waals surface area contributed by atoms with Crippen LogP contribution in [0.25, 0.3) is 10.8 Å². The Morgan fingerprint density at radius 3 is 2.29 bits per heavy atom. The molecule has 0 aliphatic rings. The first-order valence-electron chi connectivity index (χ1n) is 10.0. The highest BCUT2D eigenvalue weighted by Crippen LogP contribution is 2.29. The van der Waals surface area contributed by atoms with E-state index in [1.54, 1.807) is 17.8 Å². The van der Waals surface area contributed by atoms with Crippen molar-refractivity contribution in [3.63, 3.8) is 0 Å². The van der Waals surface area contributed by atoms with E-state index in [2.05, 4.69) is 42.5 Å². The number of nitrogens with one attached hydrogen (secondary N) is 1. The van der Waals surface area contributed by atoms with Crippen molar-refractivity contribution in [2.75, 3.05) is 5.32 Å². The number of anilines is 1. The Labute approximate surface area is 185 Å². The maximum absolute atomic E-state index is 12.6. The Morgan fingerprint density at radius 1 is 0.903 bits per heavy atom. The first kappa shape index (κ1) is 20.9. The van der Waals surface area contributed by atoms with Gasteiger partial charge in [0.15, 0.2) is 0 Å². The summed E-state index contributed by atoms with van der Waals surface area (Å²) < 4.78 is 1.22. The molecule has 0 fully saturated rings. The number of carbonyl (C=O) groups excluding carboxylic acids is 1. The van der Waals surface area contributed by atoms with Gasteiger partial charge in [-0.2, -0.15) is 5.10 Å². The summed E-state index contributed by atoms with van der Waals surface area (Å²) in [6.45, 7) is 5.91. The van der Waals surface area contributed by atoms with Crippen molar-refractivity contribution >= 4 is 34.1 Å². The zero-order valence-corrected chi connectivity index (χ0v) is 18.5. The third kappa shape index (κ3) is 4.70. The molecule has 0 radical (unpaired) electrons. The monoisotopic (exact) mass is 429 g/mol. The lowest BCUT2D eigenvalue weighted by molar-refractivity contribution is -0.117. The molecule has 0 atom stereocenters. The highest BCUT2D eigenvalue weighted by Gasteiger charge is 2.11. The molecule has 0 unspecified atom stereocenters. The van der Waals surface area contributed by atoms with Crippen LogP contribution in [0.3, 0.4) is 0 Å². The predicted molar refractivity (Wildman–Crippen MR) is 126 cm³/mol. The van der Waals surface area contributed by atoms with Gasteiger partial charge in [-0.3, -0.25) is 9.59 Å². The Kier molecular flexibility index (Phi) is 5.91. The van der Waals surface area contributed by atoms with Crippen molar-refractivity contribution in [2.45, 2.75) is 37.1 Å². The van der Waals surface area contributed by atoms with Gasteiger partial charge in [0.1, 0.15) is 6.54 Å². The highest BCUT2D eigenvalue weighted by atomic mass is 32.2. The Bertz CT molecular complexity index is 1330. The summed E-state index contributed by atoms with van der Waals surface area (Å²) in [5.41, 5.74) is 3.67. The van der Waals surface area contributed by atoms with Crippen molar-refractivity contribution in [2.24, 2.45) is 0 Å². The van der Waals surface area contributed by atoms with E-state index in [1.165, 1.54) is 20.7 Å². The summed E-state index contributed by atoms with van der Waals surface area (Å²) in [5.74, 6) is -0.293. The third-order valence-corrected chi connectivity index (χ3v) is 6.20. The smallest absolute Gasteiger partial charge is 0.275 e. The average molecular weight is 430 g/mol. The first-order valence-corrected chi connectivity index (χ1v) is 10.8. The number of benzene rings is 3. The second kappa shape index (κ2) is 8.78. The Hall–Kier alpha value is -3.38. The number of hydrogen-bond acceptors (Lipinski definition) is 4. The molecule has 0 spiro atoms. The van der Waals surface area contributed by atoms with Gasteiger partial charge in [-0.15, -0.1) is 0 Å². The number of amides is 1. The molecule has 0 saturated carbocycles. The van der Waals surface area contributed by atoms with E-state index in [4.69, 9.17) is 0 Å². The van der Waals surface area contributed by atoms with Gasteiger partial charge in [-0.05, 0) is 74.4 Å². The largest absolute Gasteiger partial charge is 0.324 e. The SMILES string of the molecule is Cc1ccc(Sc2ccc(NC(=O)Cn3nc(C)c4ccccc4c3=O)cc2)cc1C. The number of fused-ring (bicyclic) bond motifs is 1. The summed E-state index contributed by atoms with van der Waals surface area (Å²) in [7, 11) is 0. The van der Waals surface area contributed by atoms with Gasteiger partial charge < -0.3 is 5.32 Å². The summed E-state index contributed by atoms with van der Waals surface area (Å²) in [5, 5.41) is 8.51. The van der Waals surface area contributed by atoms with Crippen LogP contribution in [0.5, 0.6) is 0 Å². The van der Waals surface area contributed by atoms with Gasteiger partial charge in [0.2, 0.25) is 5.91 Å². The maximum atomic E-state index is 12.6. The molecule has 4 aromatic rings. The van der Waals surface area contributed by atoms with Gasteiger partial charge in [-0.25, -0.2) is 4.68 Å². The minimum atomic E-state index is -0.293. The fraction of sp³-hybridized carbons (Fsp3) is 0.160. The lowest BCUT2D eigenvalue weighted by Crippen LogP contribution is -2.30. The molecule has 0 aliphatic carbocycles. The zero-order valence-electron chi connectivity index (χ0n) is 17.7. The summed E-state index contributed by atoms with van der Waals surface area (Å²) in [6, 6.07) is 21.4. The van der Waals surface area contributed by atoms with Crippen LogP contribution in [-0.2, 0) is 11.3 Å². The zero-order chi connectivity index (χ0) is 22.0. The minimum absolute atomic E-state index is 0.135. The molecule has 6 heteroatoms. The number of aryl methyl sites for hydroxylation is 3. The topological polar surface area (TPSA) is 64.0 Å². The van der Waals surface area contributed by atoms with E-state index < -0.39 is 0 Å².